The van der Waals surface area contributed by atoms with Gasteiger partial charge in [0.05, 0.1) is 5.33 Å². The van der Waals surface area contributed by atoms with Crippen molar-refractivity contribution in [1.29, 1.82) is 0 Å². The number of nitrogens with zero attached hydrogens (tertiary/aromatic N) is 1. The minimum absolute atomic E-state index is 0.0112. The first-order valence-corrected chi connectivity index (χ1v) is 5.70. The van der Waals surface area contributed by atoms with Crippen LogP contribution in [0.1, 0.15) is 26.2 Å². The van der Waals surface area contributed by atoms with Gasteiger partial charge in [-0.2, -0.15) is 0 Å². The van der Waals surface area contributed by atoms with Gasteiger partial charge in [0.25, 0.3) is 0 Å². The number of carbonyl (C=O) groups is 2. The Hall–Kier alpha value is -0.380. The number of hydrogen-bond acceptors (Lipinski definition) is 2. The van der Waals surface area contributed by atoms with Gasteiger partial charge in [-0.3, -0.25) is 14.5 Å². The molecule has 1 unspecified atom stereocenters. The van der Waals surface area contributed by atoms with Crippen LogP contribution in [0.2, 0.25) is 0 Å². The number of likely N-dealkylation sites (tertiary alicyclic amines) is 1. The zero-order valence-corrected chi connectivity index (χ0v) is 9.34. The van der Waals surface area contributed by atoms with E-state index in [2.05, 4.69) is 22.9 Å². The summed E-state index contributed by atoms with van der Waals surface area (Å²) in [5, 5.41) is 0.248. The van der Waals surface area contributed by atoms with E-state index in [1.165, 1.54) is 4.90 Å². The van der Waals surface area contributed by atoms with Crippen LogP contribution in [-0.2, 0) is 9.59 Å². The van der Waals surface area contributed by atoms with Crippen LogP contribution in [0, 0.1) is 5.92 Å². The lowest BCUT2D eigenvalue weighted by Crippen LogP contribution is -2.33. The molecule has 0 aromatic carbocycles. The molecule has 0 bridgehead atoms. The summed E-state index contributed by atoms with van der Waals surface area (Å²) in [6.45, 7) is 2.72. The Morgan fingerprint density at radius 1 is 1.69 bits per heavy atom. The second-order valence-corrected chi connectivity index (χ2v) is 3.95. The Kier molecular flexibility index (Phi) is 3.90. The second-order valence-electron chi connectivity index (χ2n) is 3.39. The third-order valence-electron chi connectivity index (χ3n) is 2.32. The molecule has 3 nitrogen and oxygen atoms in total. The molecule has 0 N–H and O–H groups in total. The van der Waals surface area contributed by atoms with Gasteiger partial charge in [-0.1, -0.05) is 29.3 Å². The SMILES string of the molecule is CCCC1CC(=O)N(C(=O)CBr)C1. The zero-order valence-electron chi connectivity index (χ0n) is 7.75. The van der Waals surface area contributed by atoms with Crippen molar-refractivity contribution in [3.05, 3.63) is 0 Å². The predicted molar refractivity (Wildman–Crippen MR) is 53.5 cm³/mol. The summed E-state index contributed by atoms with van der Waals surface area (Å²) in [7, 11) is 0. The Morgan fingerprint density at radius 2 is 2.38 bits per heavy atom. The standard InChI is InChI=1S/C9H14BrNO2/c1-2-3-7-4-8(12)11(6-7)9(13)5-10/h7H,2-6H2,1H3. The van der Waals surface area contributed by atoms with Gasteiger partial charge in [-0.15, -0.1) is 0 Å². The molecule has 0 aromatic heterocycles. The molecule has 1 rings (SSSR count). The van der Waals surface area contributed by atoms with Crippen LogP contribution in [0.15, 0.2) is 0 Å². The predicted octanol–water partition coefficient (Wildman–Crippen LogP) is 1.56. The first kappa shape index (κ1) is 10.7. The Bertz CT molecular complexity index is 218. The maximum atomic E-state index is 11.3. The molecule has 1 saturated heterocycles. The highest BCUT2D eigenvalue weighted by molar-refractivity contribution is 9.09. The van der Waals surface area contributed by atoms with Crippen molar-refractivity contribution in [3.63, 3.8) is 0 Å². The van der Waals surface area contributed by atoms with E-state index in [4.69, 9.17) is 0 Å². The van der Waals surface area contributed by atoms with Gasteiger partial charge < -0.3 is 0 Å². The highest BCUT2D eigenvalue weighted by Gasteiger charge is 2.32. The van der Waals surface area contributed by atoms with Gasteiger partial charge in [-0.25, -0.2) is 0 Å². The molecule has 2 amide bonds. The van der Waals surface area contributed by atoms with Crippen LogP contribution < -0.4 is 0 Å². The summed E-state index contributed by atoms with van der Waals surface area (Å²) in [4.78, 5) is 23.9. The molecule has 0 aliphatic carbocycles. The summed E-state index contributed by atoms with van der Waals surface area (Å²) < 4.78 is 0. The summed E-state index contributed by atoms with van der Waals surface area (Å²) in [5.74, 6) is 0.270. The van der Waals surface area contributed by atoms with E-state index in [9.17, 15) is 9.59 Å². The van der Waals surface area contributed by atoms with Gasteiger partial charge >= 0.3 is 0 Å². The van der Waals surface area contributed by atoms with E-state index in [0.717, 1.165) is 12.8 Å². The molecule has 13 heavy (non-hydrogen) atoms. The number of hydrogen-bond donors (Lipinski definition) is 0. The van der Waals surface area contributed by atoms with E-state index in [-0.39, 0.29) is 17.1 Å². The molecular formula is C9H14BrNO2. The average Bonchev–Trinajstić information content (AvgIpc) is 2.46. The van der Waals surface area contributed by atoms with Crippen LogP contribution in [0.4, 0.5) is 0 Å². The first-order valence-electron chi connectivity index (χ1n) is 4.58. The van der Waals surface area contributed by atoms with Crippen molar-refractivity contribution < 1.29 is 9.59 Å². The lowest BCUT2D eigenvalue weighted by molar-refractivity contribution is -0.139. The smallest absolute Gasteiger partial charge is 0.239 e. The molecule has 1 atom stereocenters. The highest BCUT2D eigenvalue weighted by atomic mass is 79.9. The van der Waals surface area contributed by atoms with Crippen LogP contribution in [-0.4, -0.2) is 28.6 Å². The molecule has 1 aliphatic rings. The quantitative estimate of drug-likeness (QED) is 0.711. The van der Waals surface area contributed by atoms with Crippen LogP contribution in [0.5, 0.6) is 0 Å². The van der Waals surface area contributed by atoms with Crippen molar-refractivity contribution in [1.82, 2.24) is 4.90 Å². The fourth-order valence-electron chi connectivity index (χ4n) is 1.70. The van der Waals surface area contributed by atoms with Crippen molar-refractivity contribution in [2.24, 2.45) is 5.92 Å². The summed E-state index contributed by atoms with van der Waals surface area (Å²) in [5.41, 5.74) is 0. The molecule has 0 radical (unpaired) electrons. The fraction of sp³-hybridized carbons (Fsp3) is 0.778. The monoisotopic (exact) mass is 247 g/mol. The van der Waals surface area contributed by atoms with E-state index in [1.54, 1.807) is 0 Å². The number of rotatable bonds is 3. The number of alkyl halides is 1. The largest absolute Gasteiger partial charge is 0.282 e. The molecule has 0 aromatic rings. The van der Waals surface area contributed by atoms with Crippen molar-refractivity contribution >= 4 is 27.7 Å². The van der Waals surface area contributed by atoms with Crippen LogP contribution in [0.3, 0.4) is 0 Å². The third-order valence-corrected chi connectivity index (χ3v) is 2.80. The van der Waals surface area contributed by atoms with Crippen molar-refractivity contribution in [3.8, 4) is 0 Å². The van der Waals surface area contributed by atoms with Crippen LogP contribution >= 0.6 is 15.9 Å². The van der Waals surface area contributed by atoms with Gasteiger partial charge in [-0.05, 0) is 12.3 Å². The molecule has 0 saturated carbocycles. The van der Waals surface area contributed by atoms with E-state index in [0.29, 0.717) is 18.9 Å². The lowest BCUT2D eigenvalue weighted by atomic mass is 10.0. The summed E-state index contributed by atoms with van der Waals surface area (Å²) >= 11 is 3.07. The van der Waals surface area contributed by atoms with Gasteiger partial charge in [0.2, 0.25) is 11.8 Å². The summed E-state index contributed by atoms with van der Waals surface area (Å²) in [6, 6.07) is 0. The molecule has 0 spiro atoms. The van der Waals surface area contributed by atoms with E-state index >= 15 is 0 Å². The van der Waals surface area contributed by atoms with Gasteiger partial charge in [0.1, 0.15) is 0 Å². The van der Waals surface area contributed by atoms with E-state index in [1.807, 2.05) is 0 Å². The number of amides is 2. The van der Waals surface area contributed by atoms with Gasteiger partial charge in [0.15, 0.2) is 0 Å². The minimum Gasteiger partial charge on any atom is -0.282 e. The first-order chi connectivity index (χ1) is 6.19. The third kappa shape index (κ3) is 2.53. The normalized spacial score (nSPS) is 22.5. The number of imide groups is 1. The molecule has 4 heteroatoms. The van der Waals surface area contributed by atoms with E-state index < -0.39 is 0 Å². The highest BCUT2D eigenvalue weighted by Crippen LogP contribution is 2.22. The minimum atomic E-state index is -0.108. The Morgan fingerprint density at radius 3 is 2.92 bits per heavy atom. The second kappa shape index (κ2) is 4.74. The van der Waals surface area contributed by atoms with Crippen molar-refractivity contribution in [2.45, 2.75) is 26.2 Å². The van der Waals surface area contributed by atoms with Crippen molar-refractivity contribution in [2.75, 3.05) is 11.9 Å². The molecule has 1 aliphatic heterocycles. The van der Waals surface area contributed by atoms with Gasteiger partial charge in [0, 0.05) is 13.0 Å². The van der Waals surface area contributed by atoms with Crippen LogP contribution in [0.25, 0.3) is 0 Å². The molecule has 1 heterocycles. The lowest BCUT2D eigenvalue weighted by Gasteiger charge is -2.12. The topological polar surface area (TPSA) is 37.4 Å². The maximum absolute atomic E-state index is 11.3. The Labute approximate surface area is 86.6 Å². The number of carbonyl (C=O) groups excluding carboxylic acids is 2. The summed E-state index contributed by atoms with van der Waals surface area (Å²) in [6.07, 6.45) is 2.67. The molecule has 1 fully saturated rings. The average molecular weight is 248 g/mol. The fourth-order valence-corrected chi connectivity index (χ4v) is 2.00. The maximum Gasteiger partial charge on any atom is 0.239 e. The zero-order chi connectivity index (χ0) is 9.84. The molecule has 74 valence electrons. The number of halogens is 1. The Balaban J connectivity index is 2.51. The molecular weight excluding hydrogens is 234 g/mol.